The molecule has 0 aromatic heterocycles. The summed E-state index contributed by atoms with van der Waals surface area (Å²) in [5, 5.41) is 5.62. The van der Waals surface area contributed by atoms with E-state index < -0.39 is 23.8 Å². The summed E-state index contributed by atoms with van der Waals surface area (Å²) in [5.41, 5.74) is 1.61. The number of rotatable bonds is 4. The first kappa shape index (κ1) is 21.2. The number of carbonyl (C=O) groups is 4. The van der Waals surface area contributed by atoms with Crippen molar-refractivity contribution in [1.29, 1.82) is 0 Å². The average Bonchev–Trinajstić information content (AvgIpc) is 3.04. The van der Waals surface area contributed by atoms with Gasteiger partial charge in [0.2, 0.25) is 11.8 Å². The van der Waals surface area contributed by atoms with Gasteiger partial charge in [0.25, 0.3) is 11.8 Å². The van der Waals surface area contributed by atoms with Crippen molar-refractivity contribution in [3.05, 3.63) is 34.9 Å². The zero-order chi connectivity index (χ0) is 22.2. The first-order valence-electron chi connectivity index (χ1n) is 11.4. The lowest BCUT2D eigenvalue weighted by Gasteiger charge is -2.38. The van der Waals surface area contributed by atoms with E-state index in [4.69, 9.17) is 4.74 Å². The highest BCUT2D eigenvalue weighted by atomic mass is 16.5. The Hall–Kier alpha value is -2.62. The number of imide groups is 2. The van der Waals surface area contributed by atoms with Crippen LogP contribution in [-0.2, 0) is 20.9 Å². The number of hydrogen-bond donors (Lipinski definition) is 2. The summed E-state index contributed by atoms with van der Waals surface area (Å²) in [6.45, 7) is 5.13. The molecule has 0 saturated carbocycles. The Morgan fingerprint density at radius 3 is 2.56 bits per heavy atom. The maximum Gasteiger partial charge on any atom is 0.262 e. The van der Waals surface area contributed by atoms with Crippen molar-refractivity contribution in [2.75, 3.05) is 32.8 Å². The van der Waals surface area contributed by atoms with Crippen LogP contribution in [0, 0.1) is 5.92 Å². The highest BCUT2D eigenvalue weighted by molar-refractivity contribution is 6.23. The third kappa shape index (κ3) is 3.96. The number of morpholine rings is 1. The predicted molar refractivity (Wildman–Crippen MR) is 114 cm³/mol. The van der Waals surface area contributed by atoms with Crippen molar-refractivity contribution in [3.63, 3.8) is 0 Å². The van der Waals surface area contributed by atoms with Crippen LogP contribution >= 0.6 is 0 Å². The smallest absolute Gasteiger partial charge is 0.262 e. The summed E-state index contributed by atoms with van der Waals surface area (Å²) < 4.78 is 6.05. The topological polar surface area (TPSA) is 108 Å². The van der Waals surface area contributed by atoms with Gasteiger partial charge in [0, 0.05) is 26.1 Å². The Labute approximate surface area is 186 Å². The van der Waals surface area contributed by atoms with Crippen molar-refractivity contribution in [1.82, 2.24) is 20.4 Å². The van der Waals surface area contributed by atoms with Crippen LogP contribution in [0.25, 0.3) is 0 Å². The monoisotopic (exact) mass is 440 g/mol. The average molecular weight is 441 g/mol. The molecule has 5 rings (SSSR count). The lowest BCUT2D eigenvalue weighted by atomic mass is 9.91. The molecular formula is C23H28N4O5. The number of hydrogen-bond acceptors (Lipinski definition) is 7. The highest BCUT2D eigenvalue weighted by Crippen LogP contribution is 2.29. The molecule has 0 radical (unpaired) electrons. The normalized spacial score (nSPS) is 27.6. The Kier molecular flexibility index (Phi) is 5.79. The van der Waals surface area contributed by atoms with Crippen LogP contribution < -0.4 is 10.6 Å². The fourth-order valence-corrected chi connectivity index (χ4v) is 5.25. The molecule has 32 heavy (non-hydrogen) atoms. The van der Waals surface area contributed by atoms with Gasteiger partial charge in [-0.05, 0) is 56.0 Å². The number of benzene rings is 1. The molecular weight excluding hydrogens is 412 g/mol. The van der Waals surface area contributed by atoms with Crippen LogP contribution in [0.3, 0.4) is 0 Å². The van der Waals surface area contributed by atoms with Crippen LogP contribution in [0.4, 0.5) is 0 Å². The molecule has 0 bridgehead atoms. The zero-order valence-electron chi connectivity index (χ0n) is 18.0. The van der Waals surface area contributed by atoms with Crippen molar-refractivity contribution >= 4 is 23.6 Å². The van der Waals surface area contributed by atoms with Gasteiger partial charge in [-0.1, -0.05) is 6.07 Å². The second-order valence-corrected chi connectivity index (χ2v) is 9.06. The van der Waals surface area contributed by atoms with Gasteiger partial charge in [-0.3, -0.25) is 34.3 Å². The van der Waals surface area contributed by atoms with Crippen molar-refractivity contribution in [2.24, 2.45) is 5.92 Å². The van der Waals surface area contributed by atoms with Gasteiger partial charge in [0.15, 0.2) is 0 Å². The molecule has 3 saturated heterocycles. The van der Waals surface area contributed by atoms with Gasteiger partial charge < -0.3 is 10.1 Å². The number of ether oxygens (including phenoxy) is 1. The van der Waals surface area contributed by atoms with E-state index in [2.05, 4.69) is 15.5 Å². The van der Waals surface area contributed by atoms with E-state index in [1.54, 1.807) is 12.1 Å². The molecule has 4 heterocycles. The van der Waals surface area contributed by atoms with E-state index in [1.165, 1.54) is 0 Å². The molecule has 9 heteroatoms. The molecule has 3 fully saturated rings. The first-order valence-corrected chi connectivity index (χ1v) is 11.4. The maximum absolute atomic E-state index is 13.0. The third-order valence-electron chi connectivity index (χ3n) is 7.00. The number of fused-ring (bicyclic) bond motifs is 1. The van der Waals surface area contributed by atoms with Gasteiger partial charge in [0.1, 0.15) is 6.04 Å². The van der Waals surface area contributed by atoms with E-state index in [0.717, 1.165) is 49.5 Å². The SMILES string of the molecule is O=C1CCC(N2C(=O)c3ccc(CN4CCOC(C5CCNCC5)C4)cc3C2=O)C(=O)N1. The number of nitrogens with one attached hydrogen (secondary N) is 2. The van der Waals surface area contributed by atoms with Crippen molar-refractivity contribution in [3.8, 4) is 0 Å². The quantitative estimate of drug-likeness (QED) is 0.648. The summed E-state index contributed by atoms with van der Waals surface area (Å²) >= 11 is 0. The second kappa shape index (κ2) is 8.73. The first-order chi connectivity index (χ1) is 15.5. The maximum atomic E-state index is 13.0. The van der Waals surface area contributed by atoms with Crippen LogP contribution in [0.1, 0.15) is 52.0 Å². The molecule has 4 aliphatic rings. The molecule has 9 nitrogen and oxygen atoms in total. The van der Waals surface area contributed by atoms with Crippen LogP contribution in [0.2, 0.25) is 0 Å². The minimum atomic E-state index is -0.937. The Balaban J connectivity index is 1.28. The Bertz CT molecular complexity index is 958. The summed E-state index contributed by atoms with van der Waals surface area (Å²) in [7, 11) is 0. The van der Waals surface area contributed by atoms with Crippen LogP contribution in [0.5, 0.6) is 0 Å². The van der Waals surface area contributed by atoms with Gasteiger partial charge in [0.05, 0.1) is 23.8 Å². The molecule has 2 unspecified atom stereocenters. The molecule has 0 spiro atoms. The van der Waals surface area contributed by atoms with Crippen LogP contribution in [-0.4, -0.2) is 78.4 Å². The van der Waals surface area contributed by atoms with Crippen molar-refractivity contribution < 1.29 is 23.9 Å². The largest absolute Gasteiger partial charge is 0.375 e. The Morgan fingerprint density at radius 1 is 1.00 bits per heavy atom. The number of carbonyl (C=O) groups excluding carboxylic acids is 4. The predicted octanol–water partition coefficient (Wildman–Crippen LogP) is 0.288. The molecule has 2 N–H and O–H groups in total. The molecule has 4 aliphatic heterocycles. The standard InChI is InChI=1S/C23H28N4O5/c28-20-4-3-18(21(29)25-20)27-22(30)16-2-1-14(11-17(16)23(27)31)12-26-9-10-32-19(13-26)15-5-7-24-8-6-15/h1-2,11,15,18-19,24H,3-10,12-13H2,(H,25,28,29). The Morgan fingerprint density at radius 2 is 1.78 bits per heavy atom. The molecule has 2 atom stereocenters. The van der Waals surface area contributed by atoms with Crippen LogP contribution in [0.15, 0.2) is 18.2 Å². The summed E-state index contributed by atoms with van der Waals surface area (Å²) in [5.74, 6) is -1.33. The van der Waals surface area contributed by atoms with Gasteiger partial charge in [-0.15, -0.1) is 0 Å². The van der Waals surface area contributed by atoms with E-state index in [0.29, 0.717) is 30.2 Å². The summed E-state index contributed by atoms with van der Waals surface area (Å²) in [6, 6.07) is 4.40. The summed E-state index contributed by atoms with van der Waals surface area (Å²) in [4.78, 5) is 52.9. The number of nitrogens with zero attached hydrogens (tertiary/aromatic N) is 2. The molecule has 0 aliphatic carbocycles. The van der Waals surface area contributed by atoms with Gasteiger partial charge >= 0.3 is 0 Å². The lowest BCUT2D eigenvalue weighted by molar-refractivity contribution is -0.136. The van der Waals surface area contributed by atoms with Crippen molar-refractivity contribution in [2.45, 2.75) is 44.4 Å². The van der Waals surface area contributed by atoms with Gasteiger partial charge in [-0.2, -0.15) is 0 Å². The van der Waals surface area contributed by atoms with E-state index >= 15 is 0 Å². The second-order valence-electron chi connectivity index (χ2n) is 9.06. The van der Waals surface area contributed by atoms with Gasteiger partial charge in [-0.25, -0.2) is 0 Å². The fraction of sp³-hybridized carbons (Fsp3) is 0.565. The minimum Gasteiger partial charge on any atom is -0.375 e. The van der Waals surface area contributed by atoms with E-state index in [1.807, 2.05) is 6.07 Å². The lowest BCUT2D eigenvalue weighted by Crippen LogP contribution is -2.54. The number of piperidine rings is 2. The minimum absolute atomic E-state index is 0.115. The highest BCUT2D eigenvalue weighted by Gasteiger charge is 2.44. The molecule has 170 valence electrons. The molecule has 1 aromatic carbocycles. The molecule has 4 amide bonds. The van der Waals surface area contributed by atoms with E-state index in [9.17, 15) is 19.2 Å². The fourth-order valence-electron chi connectivity index (χ4n) is 5.25. The number of amides is 4. The zero-order valence-corrected chi connectivity index (χ0v) is 18.0. The third-order valence-corrected chi connectivity index (χ3v) is 7.00. The molecule has 1 aromatic rings. The summed E-state index contributed by atoms with van der Waals surface area (Å²) in [6.07, 6.45) is 2.76. The van der Waals surface area contributed by atoms with E-state index in [-0.39, 0.29) is 24.9 Å².